The van der Waals surface area contributed by atoms with Crippen molar-refractivity contribution in [1.29, 1.82) is 0 Å². The Bertz CT molecular complexity index is 416. The zero-order valence-electron chi connectivity index (χ0n) is 11.1. The van der Waals surface area contributed by atoms with Gasteiger partial charge in [-0.1, -0.05) is 0 Å². The van der Waals surface area contributed by atoms with Crippen LogP contribution in [-0.2, 0) is 9.47 Å². The molecule has 0 heterocycles. The van der Waals surface area contributed by atoms with Gasteiger partial charge in [-0.15, -0.1) is 0 Å². The van der Waals surface area contributed by atoms with Crippen LogP contribution in [0.25, 0.3) is 0 Å². The van der Waals surface area contributed by atoms with Gasteiger partial charge in [0, 0.05) is 12.7 Å². The van der Waals surface area contributed by atoms with Crippen LogP contribution < -0.4 is 0 Å². The molecule has 1 aliphatic rings. The zero-order valence-corrected chi connectivity index (χ0v) is 11.1. The SMILES string of the molecule is COC1CCCC(OCC(=O)c2ccc(F)cc2)C1. The molecule has 0 aliphatic heterocycles. The van der Waals surface area contributed by atoms with Crippen molar-refractivity contribution < 1.29 is 18.7 Å². The Morgan fingerprint density at radius 3 is 2.63 bits per heavy atom. The second kappa shape index (κ2) is 6.78. The molecule has 1 saturated carbocycles. The van der Waals surface area contributed by atoms with Crippen LogP contribution in [0.2, 0.25) is 0 Å². The summed E-state index contributed by atoms with van der Waals surface area (Å²) in [5.41, 5.74) is 0.487. The van der Waals surface area contributed by atoms with Gasteiger partial charge in [0.15, 0.2) is 5.78 Å². The third-order valence-electron chi connectivity index (χ3n) is 3.53. The highest BCUT2D eigenvalue weighted by molar-refractivity contribution is 5.97. The average molecular weight is 266 g/mol. The summed E-state index contributed by atoms with van der Waals surface area (Å²) in [4.78, 5) is 11.9. The van der Waals surface area contributed by atoms with Crippen molar-refractivity contribution in [3.8, 4) is 0 Å². The first kappa shape index (κ1) is 14.2. The number of ether oxygens (including phenoxy) is 2. The third-order valence-corrected chi connectivity index (χ3v) is 3.53. The first-order chi connectivity index (χ1) is 9.19. The Labute approximate surface area is 112 Å². The van der Waals surface area contributed by atoms with Gasteiger partial charge in [-0.2, -0.15) is 0 Å². The number of Topliss-reactive ketones (excluding diaryl/α,β-unsaturated/α-hetero) is 1. The molecule has 0 bridgehead atoms. The first-order valence-electron chi connectivity index (χ1n) is 6.62. The molecule has 1 aromatic rings. The van der Waals surface area contributed by atoms with Crippen molar-refractivity contribution in [2.75, 3.05) is 13.7 Å². The minimum atomic E-state index is -0.340. The maximum absolute atomic E-state index is 12.8. The van der Waals surface area contributed by atoms with E-state index in [1.54, 1.807) is 7.11 Å². The smallest absolute Gasteiger partial charge is 0.188 e. The lowest BCUT2D eigenvalue weighted by Gasteiger charge is -2.27. The topological polar surface area (TPSA) is 35.5 Å². The monoisotopic (exact) mass is 266 g/mol. The lowest BCUT2D eigenvalue weighted by Crippen LogP contribution is -2.29. The molecule has 0 spiro atoms. The lowest BCUT2D eigenvalue weighted by molar-refractivity contribution is -0.0243. The number of carbonyl (C=O) groups excluding carboxylic acids is 1. The zero-order chi connectivity index (χ0) is 13.7. The molecule has 2 rings (SSSR count). The molecule has 0 saturated heterocycles. The number of carbonyl (C=O) groups is 1. The maximum atomic E-state index is 12.8. The van der Waals surface area contributed by atoms with Crippen LogP contribution in [0, 0.1) is 5.82 Å². The lowest BCUT2D eigenvalue weighted by atomic mass is 9.95. The van der Waals surface area contributed by atoms with Crippen molar-refractivity contribution >= 4 is 5.78 Å². The summed E-state index contributed by atoms with van der Waals surface area (Å²) in [7, 11) is 1.71. The van der Waals surface area contributed by atoms with Crippen LogP contribution in [-0.4, -0.2) is 31.7 Å². The van der Waals surface area contributed by atoms with Crippen LogP contribution in [0.4, 0.5) is 4.39 Å². The highest BCUT2D eigenvalue weighted by Crippen LogP contribution is 2.23. The summed E-state index contributed by atoms with van der Waals surface area (Å²) in [6, 6.07) is 5.54. The molecule has 0 N–H and O–H groups in total. The van der Waals surface area contributed by atoms with Gasteiger partial charge in [0.1, 0.15) is 12.4 Å². The number of ketones is 1. The van der Waals surface area contributed by atoms with Gasteiger partial charge in [0.05, 0.1) is 12.2 Å². The molecule has 1 aliphatic carbocycles. The summed E-state index contributed by atoms with van der Waals surface area (Å²) in [6.45, 7) is 0.0483. The second-order valence-corrected chi connectivity index (χ2v) is 4.89. The molecule has 19 heavy (non-hydrogen) atoms. The standard InChI is InChI=1S/C15H19FO3/c1-18-13-3-2-4-14(9-13)19-10-15(17)11-5-7-12(16)8-6-11/h5-8,13-14H,2-4,9-10H2,1H3. The number of hydrogen-bond donors (Lipinski definition) is 0. The van der Waals surface area contributed by atoms with Crippen molar-refractivity contribution in [2.24, 2.45) is 0 Å². The predicted molar refractivity (Wildman–Crippen MR) is 69.7 cm³/mol. The Kier molecular flexibility index (Phi) is 5.05. The van der Waals surface area contributed by atoms with E-state index in [0.717, 1.165) is 25.7 Å². The molecule has 1 aromatic carbocycles. The van der Waals surface area contributed by atoms with E-state index in [9.17, 15) is 9.18 Å². The number of hydrogen-bond acceptors (Lipinski definition) is 3. The number of methoxy groups -OCH3 is 1. The van der Waals surface area contributed by atoms with E-state index in [4.69, 9.17) is 9.47 Å². The number of benzene rings is 1. The van der Waals surface area contributed by atoms with Crippen LogP contribution in [0.1, 0.15) is 36.0 Å². The van der Waals surface area contributed by atoms with Gasteiger partial charge in [-0.3, -0.25) is 4.79 Å². The summed E-state index contributed by atoms with van der Waals surface area (Å²) in [5.74, 6) is -0.452. The van der Waals surface area contributed by atoms with Crippen LogP contribution >= 0.6 is 0 Å². The molecule has 0 radical (unpaired) electrons. The molecule has 3 nitrogen and oxygen atoms in total. The van der Waals surface area contributed by atoms with Gasteiger partial charge in [0.25, 0.3) is 0 Å². The van der Waals surface area contributed by atoms with E-state index < -0.39 is 0 Å². The fourth-order valence-electron chi connectivity index (χ4n) is 2.38. The Balaban J connectivity index is 1.81. The van der Waals surface area contributed by atoms with Crippen LogP contribution in [0.15, 0.2) is 24.3 Å². The summed E-state index contributed by atoms with van der Waals surface area (Å²) in [6.07, 6.45) is 4.25. The van der Waals surface area contributed by atoms with E-state index in [1.165, 1.54) is 24.3 Å². The summed E-state index contributed by atoms with van der Waals surface area (Å²) >= 11 is 0. The first-order valence-corrected chi connectivity index (χ1v) is 6.62. The number of halogens is 1. The Hall–Kier alpha value is -1.26. The van der Waals surface area contributed by atoms with Crippen LogP contribution in [0.5, 0.6) is 0 Å². The number of rotatable bonds is 5. The largest absolute Gasteiger partial charge is 0.381 e. The molecular weight excluding hydrogens is 247 g/mol. The van der Waals surface area contributed by atoms with E-state index in [2.05, 4.69) is 0 Å². The van der Waals surface area contributed by atoms with Crippen molar-refractivity contribution in [3.05, 3.63) is 35.6 Å². The van der Waals surface area contributed by atoms with E-state index in [-0.39, 0.29) is 30.4 Å². The molecule has 4 heteroatoms. The summed E-state index contributed by atoms with van der Waals surface area (Å²) in [5, 5.41) is 0. The summed E-state index contributed by atoms with van der Waals surface area (Å²) < 4.78 is 23.7. The van der Waals surface area contributed by atoms with E-state index >= 15 is 0 Å². The predicted octanol–water partition coefficient (Wildman–Crippen LogP) is 2.98. The minimum absolute atomic E-state index is 0.0483. The van der Waals surface area contributed by atoms with Gasteiger partial charge in [-0.25, -0.2) is 4.39 Å². The highest BCUT2D eigenvalue weighted by Gasteiger charge is 2.22. The average Bonchev–Trinajstić information content (AvgIpc) is 2.46. The normalized spacial score (nSPS) is 23.3. The fraction of sp³-hybridized carbons (Fsp3) is 0.533. The molecular formula is C15H19FO3. The van der Waals surface area contributed by atoms with Crippen LogP contribution in [0.3, 0.4) is 0 Å². The molecule has 0 amide bonds. The molecule has 1 fully saturated rings. The molecule has 104 valence electrons. The Morgan fingerprint density at radius 1 is 1.26 bits per heavy atom. The molecule has 2 atom stereocenters. The van der Waals surface area contributed by atoms with Gasteiger partial charge in [0.2, 0.25) is 0 Å². The maximum Gasteiger partial charge on any atom is 0.188 e. The van der Waals surface area contributed by atoms with Gasteiger partial charge in [-0.05, 0) is 49.9 Å². The minimum Gasteiger partial charge on any atom is -0.381 e. The third kappa shape index (κ3) is 4.11. The van der Waals surface area contributed by atoms with E-state index in [0.29, 0.717) is 5.56 Å². The highest BCUT2D eigenvalue weighted by atomic mass is 19.1. The Morgan fingerprint density at radius 2 is 1.95 bits per heavy atom. The second-order valence-electron chi connectivity index (χ2n) is 4.89. The fourth-order valence-corrected chi connectivity index (χ4v) is 2.38. The molecule has 2 unspecified atom stereocenters. The van der Waals surface area contributed by atoms with Crippen molar-refractivity contribution in [1.82, 2.24) is 0 Å². The van der Waals surface area contributed by atoms with Crippen molar-refractivity contribution in [3.63, 3.8) is 0 Å². The molecule has 0 aromatic heterocycles. The van der Waals surface area contributed by atoms with E-state index in [1.807, 2.05) is 0 Å². The van der Waals surface area contributed by atoms with Crippen molar-refractivity contribution in [2.45, 2.75) is 37.9 Å². The van der Waals surface area contributed by atoms with Gasteiger partial charge >= 0.3 is 0 Å². The quantitative estimate of drug-likeness (QED) is 0.769. The van der Waals surface area contributed by atoms with Gasteiger partial charge < -0.3 is 9.47 Å².